The third kappa shape index (κ3) is 4.53. The predicted molar refractivity (Wildman–Crippen MR) is 143 cm³/mol. The molecule has 188 valence electrons. The summed E-state index contributed by atoms with van der Waals surface area (Å²) < 4.78 is 0. The van der Waals surface area contributed by atoms with E-state index in [1.807, 2.05) is 29.8 Å². The van der Waals surface area contributed by atoms with Crippen molar-refractivity contribution < 1.29 is 19.5 Å². The van der Waals surface area contributed by atoms with E-state index in [0.29, 0.717) is 15.5 Å². The van der Waals surface area contributed by atoms with Crippen molar-refractivity contribution in [3.05, 3.63) is 79.1 Å². The molecule has 5 rings (SSSR count). The molecule has 1 aliphatic carbocycles. The average molecular weight is 542 g/mol. The number of Topliss-reactive ketones (excluding diaryl/α,β-unsaturated/α-hetero) is 1. The SMILES string of the molecule is Cc1ccsc1C1C(C(=O)c2cccs2)C(c2ccc(Cl)cc2)C(C(=O)O)N1C(=O)C1CCCCC1. The van der Waals surface area contributed by atoms with E-state index in [9.17, 15) is 19.5 Å². The number of ketones is 1. The number of halogens is 1. The van der Waals surface area contributed by atoms with E-state index in [1.165, 1.54) is 22.7 Å². The van der Waals surface area contributed by atoms with Crippen LogP contribution >= 0.6 is 34.3 Å². The molecule has 0 bridgehead atoms. The van der Waals surface area contributed by atoms with Crippen molar-refractivity contribution in [1.82, 2.24) is 4.90 Å². The molecule has 1 amide bonds. The third-order valence-corrected chi connectivity index (χ3v) is 9.85. The van der Waals surface area contributed by atoms with Crippen molar-refractivity contribution in [2.75, 3.05) is 0 Å². The van der Waals surface area contributed by atoms with Gasteiger partial charge in [-0.05, 0) is 65.9 Å². The quantitative estimate of drug-likeness (QED) is 0.342. The summed E-state index contributed by atoms with van der Waals surface area (Å²) in [6.45, 7) is 1.97. The van der Waals surface area contributed by atoms with Gasteiger partial charge in [-0.1, -0.05) is 49.1 Å². The van der Waals surface area contributed by atoms with Gasteiger partial charge in [0.1, 0.15) is 6.04 Å². The molecule has 5 nitrogen and oxygen atoms in total. The highest BCUT2D eigenvalue weighted by molar-refractivity contribution is 7.12. The maximum absolute atomic E-state index is 14.2. The van der Waals surface area contributed by atoms with Gasteiger partial charge in [-0.2, -0.15) is 0 Å². The summed E-state index contributed by atoms with van der Waals surface area (Å²) in [5, 5.41) is 14.9. The van der Waals surface area contributed by atoms with E-state index >= 15 is 0 Å². The first-order chi connectivity index (χ1) is 17.4. The van der Waals surface area contributed by atoms with Gasteiger partial charge < -0.3 is 10.0 Å². The summed E-state index contributed by atoms with van der Waals surface area (Å²) in [4.78, 5) is 44.3. The van der Waals surface area contributed by atoms with Gasteiger partial charge in [0.25, 0.3) is 0 Å². The van der Waals surface area contributed by atoms with E-state index in [1.54, 1.807) is 35.2 Å². The molecule has 3 aromatic rings. The molecule has 4 unspecified atom stereocenters. The summed E-state index contributed by atoms with van der Waals surface area (Å²) >= 11 is 9.00. The lowest BCUT2D eigenvalue weighted by molar-refractivity contribution is -0.152. The Morgan fingerprint density at radius 2 is 1.69 bits per heavy atom. The molecule has 36 heavy (non-hydrogen) atoms. The monoisotopic (exact) mass is 541 g/mol. The second-order valence-electron chi connectivity index (χ2n) is 9.72. The number of benzene rings is 1. The van der Waals surface area contributed by atoms with Crippen molar-refractivity contribution >= 4 is 51.9 Å². The molecule has 2 aliphatic rings. The van der Waals surface area contributed by atoms with Gasteiger partial charge >= 0.3 is 5.97 Å². The van der Waals surface area contributed by atoms with Crippen molar-refractivity contribution in [1.29, 1.82) is 0 Å². The van der Waals surface area contributed by atoms with Crippen LogP contribution in [0.25, 0.3) is 0 Å². The number of amides is 1. The highest BCUT2D eigenvalue weighted by atomic mass is 35.5. The first-order valence-electron chi connectivity index (χ1n) is 12.3. The van der Waals surface area contributed by atoms with Crippen LogP contribution in [0.2, 0.25) is 5.02 Å². The number of rotatable bonds is 6. The van der Waals surface area contributed by atoms with Gasteiger partial charge in [-0.3, -0.25) is 9.59 Å². The van der Waals surface area contributed by atoms with Crippen molar-refractivity contribution in [3.63, 3.8) is 0 Å². The minimum atomic E-state index is -1.15. The number of carbonyl (C=O) groups excluding carboxylic acids is 2. The Labute approximate surface area is 223 Å². The fraction of sp³-hybridized carbons (Fsp3) is 0.393. The Balaban J connectivity index is 1.72. The molecule has 0 radical (unpaired) electrons. The summed E-state index contributed by atoms with van der Waals surface area (Å²) in [7, 11) is 0. The van der Waals surface area contributed by atoms with E-state index in [4.69, 9.17) is 11.6 Å². The Bertz CT molecular complexity index is 1250. The first kappa shape index (κ1) is 25.2. The number of aryl methyl sites for hydroxylation is 1. The molecule has 1 aromatic carbocycles. The molecule has 1 aliphatic heterocycles. The zero-order chi connectivity index (χ0) is 25.4. The molecule has 0 spiro atoms. The van der Waals surface area contributed by atoms with Gasteiger partial charge in [0.05, 0.1) is 16.8 Å². The highest BCUT2D eigenvalue weighted by Gasteiger charge is 2.58. The summed E-state index contributed by atoms with van der Waals surface area (Å²) in [5.74, 6) is -2.98. The minimum Gasteiger partial charge on any atom is -0.480 e. The number of nitrogens with zero attached hydrogens (tertiary/aromatic N) is 1. The fourth-order valence-corrected chi connectivity index (χ4v) is 7.87. The molecule has 3 heterocycles. The van der Waals surface area contributed by atoms with Crippen molar-refractivity contribution in [3.8, 4) is 0 Å². The van der Waals surface area contributed by atoms with Crippen LogP contribution in [0.4, 0.5) is 0 Å². The first-order valence-corrected chi connectivity index (χ1v) is 14.4. The molecule has 1 N–H and O–H groups in total. The minimum absolute atomic E-state index is 0.118. The Morgan fingerprint density at radius 3 is 2.28 bits per heavy atom. The number of aliphatic carboxylic acids is 1. The van der Waals surface area contributed by atoms with Crippen LogP contribution in [0.3, 0.4) is 0 Å². The number of hydrogen-bond donors (Lipinski definition) is 1. The molecular formula is C28H28ClNO4S2. The van der Waals surface area contributed by atoms with E-state index < -0.39 is 29.9 Å². The lowest BCUT2D eigenvalue weighted by atomic mass is 9.78. The number of hydrogen-bond acceptors (Lipinski definition) is 5. The standard InChI is InChI=1S/C28H28ClNO4S2/c1-16-13-15-36-26(16)23-22(25(31)20-8-5-14-35-20)21(17-9-11-19(29)12-10-17)24(28(33)34)30(23)27(32)18-6-3-2-4-7-18/h5,8-15,18,21-24H,2-4,6-7H2,1H3,(H,33,34). The van der Waals surface area contributed by atoms with Crippen LogP contribution in [0, 0.1) is 18.8 Å². The van der Waals surface area contributed by atoms with E-state index in [0.717, 1.165) is 42.5 Å². The van der Waals surface area contributed by atoms with Crippen LogP contribution in [-0.2, 0) is 9.59 Å². The summed E-state index contributed by atoms with van der Waals surface area (Å²) in [6, 6.07) is 10.8. The highest BCUT2D eigenvalue weighted by Crippen LogP contribution is 2.54. The van der Waals surface area contributed by atoms with Crippen molar-refractivity contribution in [2.24, 2.45) is 11.8 Å². The molecule has 8 heteroatoms. The summed E-state index contributed by atoms with van der Waals surface area (Å²) in [6.07, 6.45) is 4.53. The van der Waals surface area contributed by atoms with Crippen molar-refractivity contribution in [2.45, 2.75) is 57.0 Å². The van der Waals surface area contributed by atoms with Crippen LogP contribution < -0.4 is 0 Å². The molecule has 2 fully saturated rings. The Kier molecular flexibility index (Phi) is 7.33. The number of likely N-dealkylation sites (tertiary alicyclic amines) is 1. The second kappa shape index (κ2) is 10.5. The van der Waals surface area contributed by atoms with Gasteiger partial charge in [0.2, 0.25) is 5.91 Å². The van der Waals surface area contributed by atoms with Crippen LogP contribution in [0.5, 0.6) is 0 Å². The fourth-order valence-electron chi connectivity index (χ4n) is 5.96. The number of carbonyl (C=O) groups is 3. The van der Waals surface area contributed by atoms with Crippen LogP contribution in [0.15, 0.2) is 53.2 Å². The Morgan fingerprint density at radius 1 is 0.972 bits per heavy atom. The van der Waals surface area contributed by atoms with E-state index in [-0.39, 0.29) is 17.6 Å². The van der Waals surface area contributed by atoms with E-state index in [2.05, 4.69) is 0 Å². The molecule has 4 atom stereocenters. The molecular weight excluding hydrogens is 514 g/mol. The van der Waals surface area contributed by atoms with Crippen LogP contribution in [-0.4, -0.2) is 33.7 Å². The maximum atomic E-state index is 14.2. The number of carboxylic acids is 1. The number of carboxylic acid groups (broad SMARTS) is 1. The molecule has 1 saturated carbocycles. The Hall–Kier alpha value is -2.48. The largest absolute Gasteiger partial charge is 0.480 e. The lowest BCUT2D eigenvalue weighted by Crippen LogP contribution is -2.46. The van der Waals surface area contributed by atoms with Gasteiger partial charge in [0, 0.05) is 21.7 Å². The third-order valence-electron chi connectivity index (χ3n) is 7.62. The van der Waals surface area contributed by atoms with Crippen LogP contribution in [0.1, 0.15) is 69.7 Å². The van der Waals surface area contributed by atoms with Gasteiger partial charge in [-0.25, -0.2) is 4.79 Å². The maximum Gasteiger partial charge on any atom is 0.327 e. The predicted octanol–water partition coefficient (Wildman–Crippen LogP) is 6.97. The topological polar surface area (TPSA) is 74.7 Å². The normalized spacial score (nSPS) is 24.7. The second-order valence-corrected chi connectivity index (χ2v) is 12.1. The zero-order valence-electron chi connectivity index (χ0n) is 19.9. The van der Waals surface area contributed by atoms with Gasteiger partial charge in [-0.15, -0.1) is 22.7 Å². The summed E-state index contributed by atoms with van der Waals surface area (Å²) in [5.41, 5.74) is 1.68. The number of thiophene rings is 2. The molecule has 1 saturated heterocycles. The lowest BCUT2D eigenvalue weighted by Gasteiger charge is -2.34. The van der Waals surface area contributed by atoms with Gasteiger partial charge in [0.15, 0.2) is 5.78 Å². The average Bonchev–Trinajstić information content (AvgIpc) is 3.63. The molecule has 2 aromatic heterocycles. The smallest absolute Gasteiger partial charge is 0.327 e. The zero-order valence-corrected chi connectivity index (χ0v) is 22.3.